The quantitative estimate of drug-likeness (QED) is 0.407. The van der Waals surface area contributed by atoms with Gasteiger partial charge in [-0.2, -0.15) is 0 Å². The number of benzene rings is 1. The first-order valence-corrected chi connectivity index (χ1v) is 8.57. The first kappa shape index (κ1) is 18.0. The Bertz CT molecular complexity index is 719. The van der Waals surface area contributed by atoms with Crippen LogP contribution >= 0.6 is 46.6 Å². The number of nitrogens with zero attached hydrogens (tertiary/aromatic N) is 1. The summed E-state index contributed by atoms with van der Waals surface area (Å²) in [5.41, 5.74) is 0.739. The van der Waals surface area contributed by atoms with E-state index in [2.05, 4.69) is 0 Å². The van der Waals surface area contributed by atoms with Crippen LogP contribution in [0.25, 0.3) is 6.08 Å². The maximum absolute atomic E-state index is 12.0. The highest BCUT2D eigenvalue weighted by Crippen LogP contribution is 2.37. The zero-order valence-electron chi connectivity index (χ0n) is 12.2. The summed E-state index contributed by atoms with van der Waals surface area (Å²) >= 11 is 8.35. The Morgan fingerprint density at radius 2 is 2.22 bits per heavy atom. The number of carboxylic acids is 1. The molecule has 1 saturated heterocycles. The molecule has 1 aliphatic rings. The second-order valence-corrected chi connectivity index (χ2v) is 7.30. The number of methoxy groups -OCH3 is 1. The van der Waals surface area contributed by atoms with Gasteiger partial charge in [0, 0.05) is 7.05 Å². The van der Waals surface area contributed by atoms with Gasteiger partial charge in [0.15, 0.2) is 18.1 Å². The number of hydrogen-bond acceptors (Lipinski definition) is 6. The third kappa shape index (κ3) is 4.15. The molecular formula is C14H12INO5S2. The second kappa shape index (κ2) is 7.49. The highest BCUT2D eigenvalue weighted by atomic mass is 127. The van der Waals surface area contributed by atoms with E-state index in [4.69, 9.17) is 26.8 Å². The molecule has 1 aromatic rings. The van der Waals surface area contributed by atoms with Gasteiger partial charge in [-0.3, -0.25) is 9.69 Å². The van der Waals surface area contributed by atoms with Crippen LogP contribution in [0, 0.1) is 3.57 Å². The zero-order chi connectivity index (χ0) is 17.1. The van der Waals surface area contributed by atoms with E-state index in [-0.39, 0.29) is 5.91 Å². The number of thiocarbonyl (C=S) groups is 1. The second-order valence-electron chi connectivity index (χ2n) is 4.46. The third-order valence-electron chi connectivity index (χ3n) is 2.88. The molecule has 0 bridgehead atoms. The molecule has 23 heavy (non-hydrogen) atoms. The minimum Gasteiger partial charge on any atom is -0.493 e. The summed E-state index contributed by atoms with van der Waals surface area (Å²) in [5.74, 6) is -0.467. The maximum atomic E-state index is 12.0. The molecule has 0 unspecified atom stereocenters. The lowest BCUT2D eigenvalue weighted by Gasteiger charge is -2.12. The molecule has 1 amide bonds. The number of carbonyl (C=O) groups excluding carboxylic acids is 1. The van der Waals surface area contributed by atoms with E-state index >= 15 is 0 Å². The van der Waals surface area contributed by atoms with E-state index in [1.165, 1.54) is 23.8 Å². The normalized spacial score (nSPS) is 16.1. The molecule has 2 rings (SSSR count). The highest BCUT2D eigenvalue weighted by Gasteiger charge is 2.28. The molecule has 122 valence electrons. The van der Waals surface area contributed by atoms with Crippen LogP contribution in [0.4, 0.5) is 0 Å². The molecule has 0 aliphatic carbocycles. The van der Waals surface area contributed by atoms with Gasteiger partial charge in [0.1, 0.15) is 4.32 Å². The predicted octanol–water partition coefficient (Wildman–Crippen LogP) is 2.59. The standard InChI is InChI=1S/C14H12INO5S2/c1-16-13(19)10(23-14(16)22)5-7-3-8(15)12(9(4-7)20-2)21-6-11(17)18/h3-5H,6H2,1-2H3,(H,17,18)/b10-5-. The molecule has 1 fully saturated rings. The van der Waals surface area contributed by atoms with Crippen molar-refractivity contribution >= 4 is 68.8 Å². The van der Waals surface area contributed by atoms with Crippen LogP contribution in [0.3, 0.4) is 0 Å². The SMILES string of the molecule is COc1cc(/C=C2\SC(=S)N(C)C2=O)cc(I)c1OCC(=O)O. The van der Waals surface area contributed by atoms with Gasteiger partial charge >= 0.3 is 5.97 Å². The Hall–Kier alpha value is -1.33. The summed E-state index contributed by atoms with van der Waals surface area (Å²) in [6.07, 6.45) is 1.72. The van der Waals surface area contributed by atoms with Crippen molar-refractivity contribution in [2.75, 3.05) is 20.8 Å². The summed E-state index contributed by atoms with van der Waals surface area (Å²) in [6, 6.07) is 3.46. The fraction of sp³-hybridized carbons (Fsp3) is 0.214. The molecule has 1 heterocycles. The predicted molar refractivity (Wildman–Crippen MR) is 99.8 cm³/mol. The van der Waals surface area contributed by atoms with Crippen LogP contribution in [-0.2, 0) is 9.59 Å². The van der Waals surface area contributed by atoms with Crippen molar-refractivity contribution in [3.05, 3.63) is 26.2 Å². The zero-order valence-corrected chi connectivity index (χ0v) is 16.0. The van der Waals surface area contributed by atoms with Gasteiger partial charge in [0.05, 0.1) is 15.6 Å². The van der Waals surface area contributed by atoms with Gasteiger partial charge in [0.25, 0.3) is 5.91 Å². The van der Waals surface area contributed by atoms with E-state index in [1.54, 1.807) is 25.3 Å². The number of carboxylic acid groups (broad SMARTS) is 1. The van der Waals surface area contributed by atoms with Crippen molar-refractivity contribution in [1.29, 1.82) is 0 Å². The Morgan fingerprint density at radius 3 is 2.74 bits per heavy atom. The van der Waals surface area contributed by atoms with Gasteiger partial charge in [0.2, 0.25) is 0 Å². The van der Waals surface area contributed by atoms with Crippen molar-refractivity contribution in [2.45, 2.75) is 0 Å². The smallest absolute Gasteiger partial charge is 0.341 e. The summed E-state index contributed by atoms with van der Waals surface area (Å²) in [4.78, 5) is 24.6. The van der Waals surface area contributed by atoms with E-state index < -0.39 is 12.6 Å². The number of halogens is 1. The number of rotatable bonds is 5. The molecule has 0 spiro atoms. The topological polar surface area (TPSA) is 76.1 Å². The summed E-state index contributed by atoms with van der Waals surface area (Å²) in [6.45, 7) is -0.458. The van der Waals surface area contributed by atoms with E-state index in [0.29, 0.717) is 24.3 Å². The molecule has 6 nitrogen and oxygen atoms in total. The van der Waals surface area contributed by atoms with E-state index in [9.17, 15) is 9.59 Å². The number of carbonyl (C=O) groups is 2. The van der Waals surface area contributed by atoms with Gasteiger partial charge < -0.3 is 14.6 Å². The van der Waals surface area contributed by atoms with Crippen LogP contribution in [0.2, 0.25) is 0 Å². The minimum absolute atomic E-state index is 0.153. The van der Waals surface area contributed by atoms with Crippen molar-refractivity contribution in [3.63, 3.8) is 0 Å². The molecule has 1 aliphatic heterocycles. The molecule has 0 saturated carbocycles. The Morgan fingerprint density at radius 1 is 1.52 bits per heavy atom. The number of aliphatic carboxylic acids is 1. The lowest BCUT2D eigenvalue weighted by atomic mass is 10.2. The van der Waals surface area contributed by atoms with Crippen molar-refractivity contribution < 1.29 is 24.2 Å². The molecule has 0 aromatic heterocycles. The largest absolute Gasteiger partial charge is 0.493 e. The maximum Gasteiger partial charge on any atom is 0.341 e. The van der Waals surface area contributed by atoms with Crippen LogP contribution in [0.15, 0.2) is 17.0 Å². The van der Waals surface area contributed by atoms with Crippen molar-refractivity contribution in [2.24, 2.45) is 0 Å². The Balaban J connectivity index is 2.35. The van der Waals surface area contributed by atoms with Crippen LogP contribution in [0.5, 0.6) is 11.5 Å². The monoisotopic (exact) mass is 465 g/mol. The summed E-state index contributed by atoms with van der Waals surface area (Å²) in [5, 5.41) is 8.72. The molecule has 0 radical (unpaired) electrons. The first-order valence-electron chi connectivity index (χ1n) is 6.27. The van der Waals surface area contributed by atoms with E-state index in [0.717, 1.165) is 5.56 Å². The van der Waals surface area contributed by atoms with Crippen LogP contribution in [-0.4, -0.2) is 47.0 Å². The summed E-state index contributed by atoms with van der Waals surface area (Å²) in [7, 11) is 3.10. The summed E-state index contributed by atoms with van der Waals surface area (Å²) < 4.78 is 11.7. The van der Waals surface area contributed by atoms with Gasteiger partial charge in [-0.25, -0.2) is 4.79 Å². The number of thioether (sulfide) groups is 1. The highest BCUT2D eigenvalue weighted by molar-refractivity contribution is 14.1. The minimum atomic E-state index is -1.07. The average Bonchev–Trinajstić information content (AvgIpc) is 2.72. The Kier molecular flexibility index (Phi) is 5.87. The number of hydrogen-bond donors (Lipinski definition) is 1. The molecule has 1 N–H and O–H groups in total. The lowest BCUT2D eigenvalue weighted by Crippen LogP contribution is -2.22. The average molecular weight is 465 g/mol. The van der Waals surface area contributed by atoms with Crippen LogP contribution < -0.4 is 9.47 Å². The van der Waals surface area contributed by atoms with Gasteiger partial charge in [-0.05, 0) is 46.4 Å². The van der Waals surface area contributed by atoms with Crippen LogP contribution in [0.1, 0.15) is 5.56 Å². The Labute approximate surface area is 156 Å². The molecule has 1 aromatic carbocycles. The van der Waals surface area contributed by atoms with Crippen molar-refractivity contribution in [1.82, 2.24) is 4.90 Å². The lowest BCUT2D eigenvalue weighted by molar-refractivity contribution is -0.139. The number of amides is 1. The molecule has 9 heteroatoms. The fourth-order valence-corrected chi connectivity index (χ4v) is 3.75. The molecule has 0 atom stereocenters. The van der Waals surface area contributed by atoms with Gasteiger partial charge in [-0.15, -0.1) is 0 Å². The van der Waals surface area contributed by atoms with E-state index in [1.807, 2.05) is 22.6 Å². The number of ether oxygens (including phenoxy) is 2. The van der Waals surface area contributed by atoms with Gasteiger partial charge in [-0.1, -0.05) is 24.0 Å². The fourth-order valence-electron chi connectivity index (χ4n) is 1.79. The first-order chi connectivity index (χ1) is 10.8. The third-order valence-corrected chi connectivity index (χ3v) is 5.16. The number of likely N-dealkylation sites (N-methyl/N-ethyl adjacent to an activating group) is 1. The van der Waals surface area contributed by atoms with Crippen molar-refractivity contribution in [3.8, 4) is 11.5 Å². The molecular weight excluding hydrogens is 453 g/mol.